The lowest BCUT2D eigenvalue weighted by Gasteiger charge is -2.24. The highest BCUT2D eigenvalue weighted by atomic mass is 32.2. The highest BCUT2D eigenvalue weighted by molar-refractivity contribution is 7.92. The average Bonchev–Trinajstić information content (AvgIpc) is 2.59. The first-order chi connectivity index (χ1) is 11.4. The number of carbonyl (C=O) groups is 1. The van der Waals surface area contributed by atoms with Crippen molar-refractivity contribution in [1.82, 2.24) is 0 Å². The molecule has 0 saturated heterocycles. The summed E-state index contributed by atoms with van der Waals surface area (Å²) in [7, 11) is -2.71. The smallest absolute Gasteiger partial charge is 0.337 e. The van der Waals surface area contributed by atoms with Crippen LogP contribution in [0.4, 0.5) is 5.69 Å². The minimum absolute atomic E-state index is 0.00250. The Hall–Kier alpha value is -2.38. The van der Waals surface area contributed by atoms with E-state index in [4.69, 9.17) is 0 Å². The van der Waals surface area contributed by atoms with E-state index in [1.807, 2.05) is 0 Å². The Labute approximate surface area is 141 Å². The number of carbonyl (C=O) groups excluding carboxylic acids is 1. The van der Waals surface area contributed by atoms with Crippen molar-refractivity contribution in [2.45, 2.75) is 11.8 Å². The monoisotopic (exact) mass is 349 g/mol. The maximum absolute atomic E-state index is 13.1. The largest absolute Gasteiger partial charge is 0.465 e. The van der Waals surface area contributed by atoms with Crippen LogP contribution in [0.3, 0.4) is 0 Å². The Morgan fingerprint density at radius 2 is 1.83 bits per heavy atom. The second-order valence-electron chi connectivity index (χ2n) is 5.11. The Morgan fingerprint density at radius 1 is 1.17 bits per heavy atom. The number of hydrogen-bond acceptors (Lipinski definition) is 5. The summed E-state index contributed by atoms with van der Waals surface area (Å²) in [5.74, 6) is -0.611. The summed E-state index contributed by atoms with van der Waals surface area (Å²) < 4.78 is 31.9. The fraction of sp³-hybridized carbons (Fsp3) is 0.235. The number of esters is 1. The number of para-hydroxylation sites is 1. The summed E-state index contributed by atoms with van der Waals surface area (Å²) in [6.07, 6.45) is 0. The molecule has 0 aliphatic carbocycles. The second kappa shape index (κ2) is 7.46. The van der Waals surface area contributed by atoms with E-state index in [2.05, 4.69) is 4.74 Å². The second-order valence-corrected chi connectivity index (χ2v) is 6.94. The lowest BCUT2D eigenvalue weighted by Crippen LogP contribution is -2.34. The quantitative estimate of drug-likeness (QED) is 0.806. The van der Waals surface area contributed by atoms with Crippen molar-refractivity contribution in [3.8, 4) is 0 Å². The van der Waals surface area contributed by atoms with E-state index < -0.39 is 16.0 Å². The first-order valence-corrected chi connectivity index (χ1v) is 8.73. The highest BCUT2D eigenvalue weighted by Crippen LogP contribution is 2.26. The van der Waals surface area contributed by atoms with Gasteiger partial charge in [-0.15, -0.1) is 0 Å². The molecule has 24 heavy (non-hydrogen) atoms. The number of aliphatic hydroxyl groups is 1. The molecule has 7 heteroatoms. The summed E-state index contributed by atoms with van der Waals surface area (Å²) in [5, 5.41) is 9.28. The zero-order chi connectivity index (χ0) is 17.7. The van der Waals surface area contributed by atoms with E-state index in [9.17, 15) is 18.3 Å². The number of ether oxygens (including phenoxy) is 1. The molecule has 0 fully saturated rings. The van der Waals surface area contributed by atoms with Crippen LogP contribution in [0.1, 0.15) is 15.9 Å². The summed E-state index contributed by atoms with van der Waals surface area (Å²) in [6.45, 7) is 1.23. The highest BCUT2D eigenvalue weighted by Gasteiger charge is 2.27. The number of sulfonamides is 1. The fourth-order valence-corrected chi connectivity index (χ4v) is 4.02. The molecule has 1 N–H and O–H groups in total. The maximum Gasteiger partial charge on any atom is 0.337 e. The molecule has 0 amide bonds. The molecular weight excluding hydrogens is 330 g/mol. The topological polar surface area (TPSA) is 83.9 Å². The molecule has 0 unspecified atom stereocenters. The minimum Gasteiger partial charge on any atom is -0.465 e. The standard InChI is InChI=1S/C17H19NO5S/c1-13-8-9-14(17(20)23-2)12-16(13)24(21,22)18(10-11-19)15-6-4-3-5-7-15/h3-9,12,19H,10-11H2,1-2H3. The summed E-state index contributed by atoms with van der Waals surface area (Å²) in [6, 6.07) is 12.9. The van der Waals surface area contributed by atoms with Crippen molar-refractivity contribution >= 4 is 21.7 Å². The third-order valence-electron chi connectivity index (χ3n) is 3.52. The van der Waals surface area contributed by atoms with Crippen molar-refractivity contribution in [2.75, 3.05) is 24.6 Å². The third-order valence-corrected chi connectivity index (χ3v) is 5.49. The molecule has 0 aliphatic rings. The van der Waals surface area contributed by atoms with Crippen LogP contribution in [0, 0.1) is 6.92 Å². The van der Waals surface area contributed by atoms with Crippen LogP contribution in [0.25, 0.3) is 0 Å². The van der Waals surface area contributed by atoms with Gasteiger partial charge in [0.2, 0.25) is 0 Å². The van der Waals surface area contributed by atoms with Gasteiger partial charge in [-0.25, -0.2) is 13.2 Å². The molecule has 0 atom stereocenters. The molecule has 0 heterocycles. The van der Waals surface area contributed by atoms with Crippen LogP contribution >= 0.6 is 0 Å². The molecule has 2 aromatic rings. The van der Waals surface area contributed by atoms with Gasteiger partial charge in [0, 0.05) is 0 Å². The van der Waals surface area contributed by atoms with Gasteiger partial charge in [-0.3, -0.25) is 4.31 Å². The van der Waals surface area contributed by atoms with E-state index in [1.54, 1.807) is 43.3 Å². The van der Waals surface area contributed by atoms with Gasteiger partial charge in [-0.2, -0.15) is 0 Å². The van der Waals surface area contributed by atoms with Crippen molar-refractivity contribution < 1.29 is 23.1 Å². The van der Waals surface area contributed by atoms with Crippen LogP contribution in [0.5, 0.6) is 0 Å². The molecule has 2 rings (SSSR count). The third kappa shape index (κ3) is 3.58. The van der Waals surface area contributed by atoms with Gasteiger partial charge in [0.15, 0.2) is 0 Å². The van der Waals surface area contributed by atoms with Gasteiger partial charge >= 0.3 is 5.97 Å². The predicted molar refractivity (Wildman–Crippen MR) is 90.6 cm³/mol. The Bertz CT molecular complexity index is 818. The number of methoxy groups -OCH3 is 1. The van der Waals surface area contributed by atoms with Gasteiger partial charge < -0.3 is 9.84 Å². The molecule has 2 aromatic carbocycles. The average molecular weight is 349 g/mol. The molecule has 0 aromatic heterocycles. The van der Waals surface area contributed by atoms with E-state index >= 15 is 0 Å². The molecule has 6 nitrogen and oxygen atoms in total. The van der Waals surface area contributed by atoms with Crippen molar-refractivity contribution in [3.05, 3.63) is 59.7 Å². The molecule has 128 valence electrons. The van der Waals surface area contributed by atoms with Crippen molar-refractivity contribution in [2.24, 2.45) is 0 Å². The van der Waals surface area contributed by atoms with E-state index in [0.717, 1.165) is 4.31 Å². The predicted octanol–water partition coefficient (Wildman–Crippen LogP) is 1.97. The number of anilines is 1. The fourth-order valence-electron chi connectivity index (χ4n) is 2.31. The van der Waals surface area contributed by atoms with E-state index in [1.165, 1.54) is 19.2 Å². The summed E-state index contributed by atoms with van der Waals surface area (Å²) >= 11 is 0. The maximum atomic E-state index is 13.1. The molecular formula is C17H19NO5S. The Kier molecular flexibility index (Phi) is 5.58. The number of benzene rings is 2. The van der Waals surface area contributed by atoms with Crippen molar-refractivity contribution in [1.29, 1.82) is 0 Å². The molecule has 0 spiro atoms. The number of aliphatic hydroxyl groups excluding tert-OH is 1. The SMILES string of the molecule is COC(=O)c1ccc(C)c(S(=O)(=O)N(CCO)c2ccccc2)c1. The van der Waals surface area contributed by atoms with Crippen LogP contribution in [0.2, 0.25) is 0 Å². The van der Waals surface area contributed by atoms with Gasteiger partial charge in [0.05, 0.1) is 36.4 Å². The molecule has 0 saturated carbocycles. The van der Waals surface area contributed by atoms with E-state index in [-0.39, 0.29) is 23.6 Å². The van der Waals surface area contributed by atoms with Gasteiger partial charge in [0.25, 0.3) is 10.0 Å². The Morgan fingerprint density at radius 3 is 2.42 bits per heavy atom. The number of rotatable bonds is 6. The first-order valence-electron chi connectivity index (χ1n) is 7.29. The van der Waals surface area contributed by atoms with Gasteiger partial charge in [-0.1, -0.05) is 24.3 Å². The lowest BCUT2D eigenvalue weighted by molar-refractivity contribution is 0.0600. The molecule has 0 bridgehead atoms. The van der Waals surface area contributed by atoms with Gasteiger partial charge in [-0.05, 0) is 36.8 Å². The van der Waals surface area contributed by atoms with Crippen LogP contribution in [-0.4, -0.2) is 39.8 Å². The van der Waals surface area contributed by atoms with E-state index in [0.29, 0.717) is 11.3 Å². The molecule has 0 radical (unpaired) electrons. The summed E-state index contributed by atoms with van der Waals surface area (Å²) in [4.78, 5) is 11.7. The minimum atomic E-state index is -3.95. The molecule has 0 aliphatic heterocycles. The van der Waals surface area contributed by atoms with Crippen LogP contribution in [0.15, 0.2) is 53.4 Å². The van der Waals surface area contributed by atoms with Gasteiger partial charge in [0.1, 0.15) is 0 Å². The summed E-state index contributed by atoms with van der Waals surface area (Å²) in [5.41, 5.74) is 1.09. The lowest BCUT2D eigenvalue weighted by atomic mass is 10.1. The van der Waals surface area contributed by atoms with Crippen molar-refractivity contribution in [3.63, 3.8) is 0 Å². The number of hydrogen-bond donors (Lipinski definition) is 1. The van der Waals surface area contributed by atoms with Crippen LogP contribution in [-0.2, 0) is 14.8 Å². The zero-order valence-corrected chi connectivity index (χ0v) is 14.3. The normalized spacial score (nSPS) is 11.1. The number of nitrogens with zero attached hydrogens (tertiary/aromatic N) is 1. The number of aryl methyl sites for hydroxylation is 1. The zero-order valence-electron chi connectivity index (χ0n) is 13.5. The van der Waals surface area contributed by atoms with Crippen LogP contribution < -0.4 is 4.31 Å². The first kappa shape index (κ1) is 18.0. The Balaban J connectivity index is 2.57.